The number of aromatic nitrogens is 3. The highest BCUT2D eigenvalue weighted by atomic mass is 32.2. The third-order valence-corrected chi connectivity index (χ3v) is 5.90. The summed E-state index contributed by atoms with van der Waals surface area (Å²) in [6, 6.07) is 31.5. The highest BCUT2D eigenvalue weighted by Gasteiger charge is 2.19. The molecule has 27 heavy (non-hydrogen) atoms. The molecule has 4 aromatic rings. The van der Waals surface area contributed by atoms with E-state index in [9.17, 15) is 0 Å². The Morgan fingerprint density at radius 3 is 1.81 bits per heavy atom. The van der Waals surface area contributed by atoms with Crippen LogP contribution in [0.5, 0.6) is 0 Å². The van der Waals surface area contributed by atoms with E-state index in [2.05, 4.69) is 99.7 Å². The maximum Gasteiger partial charge on any atom is 0.191 e. The van der Waals surface area contributed by atoms with Crippen LogP contribution in [0.3, 0.4) is 0 Å². The normalized spacial score (nSPS) is 11.0. The Bertz CT molecular complexity index is 943. The van der Waals surface area contributed by atoms with Crippen LogP contribution in [-0.2, 0) is 13.5 Å². The van der Waals surface area contributed by atoms with E-state index >= 15 is 0 Å². The van der Waals surface area contributed by atoms with Crippen LogP contribution in [0, 0.1) is 0 Å². The van der Waals surface area contributed by atoms with E-state index in [-0.39, 0.29) is 5.25 Å². The maximum atomic E-state index is 4.48. The molecule has 3 nitrogen and oxygen atoms in total. The minimum absolute atomic E-state index is 0.180. The fourth-order valence-electron chi connectivity index (χ4n) is 3.07. The smallest absolute Gasteiger partial charge is 0.191 e. The zero-order chi connectivity index (χ0) is 18.5. The van der Waals surface area contributed by atoms with Crippen molar-refractivity contribution in [3.05, 3.63) is 114 Å². The summed E-state index contributed by atoms with van der Waals surface area (Å²) < 4.78 is 2.11. The molecule has 0 N–H and O–H groups in total. The summed E-state index contributed by atoms with van der Waals surface area (Å²) in [5, 5.41) is 10.0. The number of benzene rings is 3. The van der Waals surface area contributed by atoms with E-state index in [1.54, 1.807) is 11.8 Å². The van der Waals surface area contributed by atoms with Gasteiger partial charge < -0.3 is 4.57 Å². The van der Waals surface area contributed by atoms with Gasteiger partial charge in [-0.05, 0) is 16.7 Å². The molecule has 0 atom stereocenters. The van der Waals surface area contributed by atoms with Crippen molar-refractivity contribution < 1.29 is 0 Å². The van der Waals surface area contributed by atoms with Crippen molar-refractivity contribution in [1.82, 2.24) is 14.8 Å². The third kappa shape index (κ3) is 4.12. The minimum Gasteiger partial charge on any atom is -0.309 e. The molecule has 0 aliphatic rings. The SMILES string of the molecule is Cn1c(Cc2ccccc2)nnc1SC(c1ccccc1)c1ccccc1. The lowest BCUT2D eigenvalue weighted by Gasteiger charge is -2.17. The first-order valence-electron chi connectivity index (χ1n) is 9.00. The molecule has 0 amide bonds. The van der Waals surface area contributed by atoms with Gasteiger partial charge in [0.2, 0.25) is 0 Å². The van der Waals surface area contributed by atoms with E-state index in [4.69, 9.17) is 0 Å². The van der Waals surface area contributed by atoms with Gasteiger partial charge in [0.1, 0.15) is 5.82 Å². The zero-order valence-electron chi connectivity index (χ0n) is 15.2. The standard InChI is InChI=1S/C23H21N3S/c1-26-21(17-18-11-5-2-6-12-18)24-25-23(26)27-22(19-13-7-3-8-14-19)20-15-9-4-10-16-20/h2-16,22H,17H2,1H3. The van der Waals surface area contributed by atoms with Gasteiger partial charge in [0.05, 0.1) is 5.25 Å². The van der Waals surface area contributed by atoms with Crippen LogP contribution in [0.4, 0.5) is 0 Å². The summed E-state index contributed by atoms with van der Waals surface area (Å²) >= 11 is 1.74. The monoisotopic (exact) mass is 371 g/mol. The average molecular weight is 372 g/mol. The molecule has 0 saturated carbocycles. The van der Waals surface area contributed by atoms with Gasteiger partial charge in [0, 0.05) is 13.5 Å². The van der Waals surface area contributed by atoms with Gasteiger partial charge in [-0.2, -0.15) is 0 Å². The van der Waals surface area contributed by atoms with Gasteiger partial charge in [-0.3, -0.25) is 0 Å². The van der Waals surface area contributed by atoms with Crippen LogP contribution >= 0.6 is 11.8 Å². The van der Waals surface area contributed by atoms with Crippen molar-refractivity contribution >= 4 is 11.8 Å². The van der Waals surface area contributed by atoms with Crippen LogP contribution in [0.2, 0.25) is 0 Å². The Hall–Kier alpha value is -2.85. The lowest BCUT2D eigenvalue weighted by atomic mass is 10.0. The molecule has 0 aliphatic heterocycles. The number of hydrogen-bond donors (Lipinski definition) is 0. The van der Waals surface area contributed by atoms with Gasteiger partial charge in [-0.25, -0.2) is 0 Å². The Morgan fingerprint density at radius 1 is 0.741 bits per heavy atom. The van der Waals surface area contributed by atoms with Gasteiger partial charge in [-0.1, -0.05) is 103 Å². The molecule has 3 aromatic carbocycles. The molecule has 134 valence electrons. The van der Waals surface area contributed by atoms with Crippen LogP contribution in [0.25, 0.3) is 0 Å². The first-order chi connectivity index (χ1) is 13.3. The van der Waals surface area contributed by atoms with Gasteiger partial charge in [-0.15, -0.1) is 10.2 Å². The molecule has 0 saturated heterocycles. The van der Waals surface area contributed by atoms with Gasteiger partial charge in [0.25, 0.3) is 0 Å². The van der Waals surface area contributed by atoms with E-state index in [1.165, 1.54) is 16.7 Å². The third-order valence-electron chi connectivity index (χ3n) is 4.56. The molecule has 0 fully saturated rings. The van der Waals surface area contributed by atoms with Crippen LogP contribution in [0.1, 0.15) is 27.8 Å². The van der Waals surface area contributed by atoms with Crippen molar-refractivity contribution in [1.29, 1.82) is 0 Å². The molecular formula is C23H21N3S. The van der Waals surface area contributed by atoms with Crippen LogP contribution in [-0.4, -0.2) is 14.8 Å². The Morgan fingerprint density at radius 2 is 1.26 bits per heavy atom. The Balaban J connectivity index is 1.62. The van der Waals surface area contributed by atoms with Crippen molar-refractivity contribution in [2.24, 2.45) is 7.05 Å². The summed E-state index contributed by atoms with van der Waals surface area (Å²) in [7, 11) is 2.05. The molecule has 0 bridgehead atoms. The van der Waals surface area contributed by atoms with Crippen molar-refractivity contribution in [3.8, 4) is 0 Å². The van der Waals surface area contributed by atoms with Crippen LogP contribution in [0.15, 0.2) is 96.2 Å². The number of thioether (sulfide) groups is 1. The molecule has 0 spiro atoms. The highest BCUT2D eigenvalue weighted by Crippen LogP contribution is 2.39. The minimum atomic E-state index is 0.180. The highest BCUT2D eigenvalue weighted by molar-refractivity contribution is 7.99. The number of nitrogens with zero attached hydrogens (tertiary/aromatic N) is 3. The fourth-order valence-corrected chi connectivity index (χ4v) is 4.22. The van der Waals surface area contributed by atoms with Gasteiger partial charge in [0.15, 0.2) is 5.16 Å². The molecule has 0 aliphatic carbocycles. The molecule has 0 unspecified atom stereocenters. The summed E-state index contributed by atoms with van der Waals surface area (Å²) in [6.07, 6.45) is 0.784. The van der Waals surface area contributed by atoms with Crippen molar-refractivity contribution in [2.45, 2.75) is 16.8 Å². The Kier molecular flexibility index (Phi) is 5.35. The first kappa shape index (κ1) is 17.6. The summed E-state index contributed by atoms with van der Waals surface area (Å²) in [4.78, 5) is 0. The molecule has 4 rings (SSSR count). The predicted molar refractivity (Wildman–Crippen MR) is 111 cm³/mol. The second-order valence-corrected chi connectivity index (χ2v) is 7.51. The van der Waals surface area contributed by atoms with Crippen molar-refractivity contribution in [3.63, 3.8) is 0 Å². The second-order valence-electron chi connectivity index (χ2n) is 6.44. The molecule has 1 heterocycles. The topological polar surface area (TPSA) is 30.7 Å². The van der Waals surface area contributed by atoms with E-state index in [1.807, 2.05) is 13.1 Å². The summed E-state index contributed by atoms with van der Waals surface area (Å²) in [6.45, 7) is 0. The van der Waals surface area contributed by atoms with E-state index < -0.39 is 0 Å². The Labute approximate surface area is 164 Å². The number of hydrogen-bond acceptors (Lipinski definition) is 3. The van der Waals surface area contributed by atoms with Gasteiger partial charge >= 0.3 is 0 Å². The fraction of sp³-hybridized carbons (Fsp3) is 0.130. The molecular weight excluding hydrogens is 350 g/mol. The number of rotatable bonds is 6. The van der Waals surface area contributed by atoms with E-state index in [0.29, 0.717) is 0 Å². The summed E-state index contributed by atoms with van der Waals surface area (Å²) in [5.74, 6) is 0.976. The average Bonchev–Trinajstić information content (AvgIpc) is 3.07. The summed E-state index contributed by atoms with van der Waals surface area (Å²) in [5.41, 5.74) is 3.77. The van der Waals surface area contributed by atoms with Crippen LogP contribution < -0.4 is 0 Å². The van der Waals surface area contributed by atoms with E-state index in [0.717, 1.165) is 17.4 Å². The van der Waals surface area contributed by atoms with Crippen molar-refractivity contribution in [2.75, 3.05) is 0 Å². The molecule has 1 aromatic heterocycles. The largest absolute Gasteiger partial charge is 0.309 e. The first-order valence-corrected chi connectivity index (χ1v) is 9.88. The molecule has 4 heteroatoms. The lowest BCUT2D eigenvalue weighted by molar-refractivity contribution is 0.747. The lowest BCUT2D eigenvalue weighted by Crippen LogP contribution is -2.02. The quantitative estimate of drug-likeness (QED) is 0.432. The zero-order valence-corrected chi connectivity index (χ0v) is 16.0. The molecule has 0 radical (unpaired) electrons. The predicted octanol–water partition coefficient (Wildman–Crippen LogP) is 5.29. The maximum absolute atomic E-state index is 4.48. The second kappa shape index (κ2) is 8.23.